The van der Waals surface area contributed by atoms with Gasteiger partial charge in [0.25, 0.3) is 0 Å². The average molecular weight is 723 g/mol. The van der Waals surface area contributed by atoms with Crippen LogP contribution in [-0.4, -0.2) is 19.5 Å². The van der Waals surface area contributed by atoms with Crippen molar-refractivity contribution >= 4 is 43.7 Å². The van der Waals surface area contributed by atoms with E-state index < -0.39 is 0 Å². The predicted molar refractivity (Wildman–Crippen MR) is 229 cm³/mol. The summed E-state index contributed by atoms with van der Waals surface area (Å²) in [4.78, 5) is 15.3. The minimum Gasteiger partial charge on any atom is -0.455 e. The largest absolute Gasteiger partial charge is 0.455 e. The summed E-state index contributed by atoms with van der Waals surface area (Å²) in [7, 11) is 0. The standard InChI is InChI=1S/C51H32N4O/c1-3-15-33(16-4-1)34-29-31-36(32-30-34)50-52-49(35-17-5-2-6-18-35)53-51(54-50)43-25-13-22-40(42-24-14-23-41-39-21-9-12-28-46(39)56-48(41)42)47(43)55-44-26-10-7-19-37(44)38-20-8-11-27-45(38)55/h1-32H/i7D,8D,19D,20D,26D,27D. The van der Waals surface area contributed by atoms with Crippen molar-refractivity contribution in [2.24, 2.45) is 0 Å². The molecule has 0 saturated carbocycles. The van der Waals surface area contributed by atoms with Gasteiger partial charge < -0.3 is 8.98 Å². The van der Waals surface area contributed by atoms with E-state index in [2.05, 4.69) is 12.1 Å². The number of rotatable bonds is 6. The van der Waals surface area contributed by atoms with E-state index in [-0.39, 0.29) is 58.1 Å². The van der Waals surface area contributed by atoms with Gasteiger partial charge in [-0.3, -0.25) is 0 Å². The molecule has 0 aliphatic rings. The number of nitrogens with zero attached hydrogens (tertiary/aromatic N) is 4. The zero-order valence-corrected chi connectivity index (χ0v) is 29.7. The number of aromatic nitrogens is 4. The number of benzene rings is 8. The quantitative estimate of drug-likeness (QED) is 0.171. The predicted octanol–water partition coefficient (Wildman–Crippen LogP) is 13.2. The Bertz CT molecular complexity index is 3520. The molecule has 0 amide bonds. The van der Waals surface area contributed by atoms with Crippen LogP contribution < -0.4 is 0 Å². The maximum absolute atomic E-state index is 9.39. The van der Waals surface area contributed by atoms with E-state index in [9.17, 15) is 2.74 Å². The molecule has 262 valence electrons. The Morgan fingerprint density at radius 2 is 0.911 bits per heavy atom. The van der Waals surface area contributed by atoms with Crippen molar-refractivity contribution < 1.29 is 12.6 Å². The van der Waals surface area contributed by atoms with Crippen LogP contribution in [0.3, 0.4) is 0 Å². The molecular weight excluding hydrogens is 685 g/mol. The molecule has 0 aliphatic heterocycles. The second-order valence-corrected chi connectivity index (χ2v) is 13.5. The molecule has 0 atom stereocenters. The Labute approximate surface area is 331 Å². The van der Waals surface area contributed by atoms with Crippen molar-refractivity contribution in [1.82, 2.24) is 19.5 Å². The summed E-state index contributed by atoms with van der Waals surface area (Å²) in [6.07, 6.45) is 0. The highest BCUT2D eigenvalue weighted by molar-refractivity contribution is 6.13. The van der Waals surface area contributed by atoms with Crippen molar-refractivity contribution in [1.29, 1.82) is 0 Å². The maximum atomic E-state index is 9.39. The zero-order valence-electron chi connectivity index (χ0n) is 35.7. The third kappa shape index (κ3) is 5.21. The van der Waals surface area contributed by atoms with Gasteiger partial charge in [-0.1, -0.05) is 170 Å². The topological polar surface area (TPSA) is 56.7 Å². The number of para-hydroxylation sites is 5. The molecule has 11 rings (SSSR count). The molecule has 3 heterocycles. The Hall–Kier alpha value is -7.63. The highest BCUT2D eigenvalue weighted by atomic mass is 16.3. The van der Waals surface area contributed by atoms with E-state index in [1.807, 2.05) is 133 Å². The van der Waals surface area contributed by atoms with Crippen molar-refractivity contribution in [3.05, 3.63) is 194 Å². The van der Waals surface area contributed by atoms with Gasteiger partial charge in [0.15, 0.2) is 17.5 Å². The van der Waals surface area contributed by atoms with Gasteiger partial charge in [-0.05, 0) is 35.3 Å². The van der Waals surface area contributed by atoms with E-state index in [4.69, 9.17) is 24.9 Å². The number of hydrogen-bond donors (Lipinski definition) is 0. The van der Waals surface area contributed by atoms with Crippen LogP contribution >= 0.6 is 0 Å². The normalized spacial score (nSPS) is 13.1. The van der Waals surface area contributed by atoms with Gasteiger partial charge in [-0.15, -0.1) is 0 Å². The minimum atomic E-state index is -0.204. The molecule has 8 aromatic carbocycles. The van der Waals surface area contributed by atoms with Gasteiger partial charge in [0.05, 0.1) is 24.9 Å². The van der Waals surface area contributed by atoms with Crippen LogP contribution in [0, 0.1) is 0 Å². The molecular formula is C51H32N4O. The molecule has 0 spiro atoms. The summed E-state index contributed by atoms with van der Waals surface area (Å²) in [5, 5.41) is 2.13. The molecule has 0 bridgehead atoms. The summed E-state index contributed by atoms with van der Waals surface area (Å²) in [6, 6.07) is 49.0. The van der Waals surface area contributed by atoms with Gasteiger partial charge in [0.1, 0.15) is 11.2 Å². The third-order valence-corrected chi connectivity index (χ3v) is 10.2. The van der Waals surface area contributed by atoms with Crippen LogP contribution in [-0.2, 0) is 0 Å². The summed E-state index contributed by atoms with van der Waals surface area (Å²) < 4.78 is 62.8. The average Bonchev–Trinajstić information content (AvgIpc) is 3.88. The lowest BCUT2D eigenvalue weighted by molar-refractivity contribution is 0.670. The van der Waals surface area contributed by atoms with Gasteiger partial charge >= 0.3 is 0 Å². The molecule has 0 saturated heterocycles. The molecule has 5 heteroatoms. The Morgan fingerprint density at radius 3 is 1.62 bits per heavy atom. The lowest BCUT2D eigenvalue weighted by Gasteiger charge is -2.19. The molecule has 5 nitrogen and oxygen atoms in total. The fraction of sp³-hybridized carbons (Fsp3) is 0. The summed E-state index contributed by atoms with van der Waals surface area (Å²) in [5.74, 6) is 1.15. The Kier molecular flexibility index (Phi) is 6.10. The number of fused-ring (bicyclic) bond motifs is 6. The fourth-order valence-corrected chi connectivity index (χ4v) is 7.66. The van der Waals surface area contributed by atoms with E-state index in [1.54, 1.807) is 4.57 Å². The first-order valence-electron chi connectivity index (χ1n) is 21.3. The van der Waals surface area contributed by atoms with Crippen LogP contribution in [0.25, 0.3) is 106 Å². The molecule has 0 fully saturated rings. The van der Waals surface area contributed by atoms with Crippen molar-refractivity contribution in [3.63, 3.8) is 0 Å². The first-order chi connectivity index (χ1) is 30.2. The van der Waals surface area contributed by atoms with Crippen molar-refractivity contribution in [2.45, 2.75) is 0 Å². The molecule has 56 heavy (non-hydrogen) atoms. The molecule has 11 aromatic rings. The van der Waals surface area contributed by atoms with Crippen LogP contribution in [0.4, 0.5) is 0 Å². The van der Waals surface area contributed by atoms with Gasteiger partial charge in [-0.2, -0.15) is 0 Å². The molecule has 0 aliphatic carbocycles. The summed E-state index contributed by atoms with van der Waals surface area (Å²) >= 11 is 0. The van der Waals surface area contributed by atoms with E-state index in [1.165, 1.54) is 12.1 Å². The SMILES string of the molecule is [2H]c1cc([2H])c2c(c1[2H])c1c([2H])c([2H])cc([2H])c1n2-c1c(-c2nc(-c3ccccc3)nc(-c3ccc(-c4ccccc4)cc3)n2)cccc1-c1cccc2c1oc1ccccc12. The molecule has 0 unspecified atom stereocenters. The lowest BCUT2D eigenvalue weighted by atomic mass is 9.97. The first-order valence-corrected chi connectivity index (χ1v) is 18.3. The van der Waals surface area contributed by atoms with Crippen LogP contribution in [0.2, 0.25) is 0 Å². The van der Waals surface area contributed by atoms with Crippen LogP contribution in [0.15, 0.2) is 198 Å². The third-order valence-electron chi connectivity index (χ3n) is 10.2. The second kappa shape index (κ2) is 13.0. The van der Waals surface area contributed by atoms with Crippen LogP contribution in [0.5, 0.6) is 0 Å². The van der Waals surface area contributed by atoms with Crippen LogP contribution in [0.1, 0.15) is 8.22 Å². The highest BCUT2D eigenvalue weighted by Crippen LogP contribution is 2.44. The van der Waals surface area contributed by atoms with E-state index in [0.717, 1.165) is 33.0 Å². The first kappa shape index (κ1) is 26.2. The summed E-state index contributed by atoms with van der Waals surface area (Å²) in [5.41, 5.74) is 7.75. The lowest BCUT2D eigenvalue weighted by Crippen LogP contribution is -2.05. The fourth-order valence-electron chi connectivity index (χ4n) is 7.66. The monoisotopic (exact) mass is 722 g/mol. The molecule has 3 aromatic heterocycles. The van der Waals surface area contributed by atoms with E-state index >= 15 is 0 Å². The summed E-state index contributed by atoms with van der Waals surface area (Å²) in [6.45, 7) is 0. The molecule has 0 radical (unpaired) electrons. The van der Waals surface area contributed by atoms with Crippen molar-refractivity contribution in [3.8, 4) is 62.1 Å². The van der Waals surface area contributed by atoms with Gasteiger partial charge in [0.2, 0.25) is 0 Å². The zero-order chi connectivity index (χ0) is 42.2. The smallest absolute Gasteiger partial charge is 0.166 e. The van der Waals surface area contributed by atoms with Crippen molar-refractivity contribution in [2.75, 3.05) is 0 Å². The number of furan rings is 1. The molecule has 0 N–H and O–H groups in total. The van der Waals surface area contributed by atoms with Gasteiger partial charge in [0, 0.05) is 49.4 Å². The highest BCUT2D eigenvalue weighted by Gasteiger charge is 2.24. The second-order valence-electron chi connectivity index (χ2n) is 13.5. The Balaban J connectivity index is 1.27. The van der Waals surface area contributed by atoms with E-state index in [0.29, 0.717) is 51.0 Å². The number of hydrogen-bond acceptors (Lipinski definition) is 4. The Morgan fingerprint density at radius 1 is 0.393 bits per heavy atom. The maximum Gasteiger partial charge on any atom is 0.166 e. The minimum absolute atomic E-state index is 0.0787. The van der Waals surface area contributed by atoms with Gasteiger partial charge in [-0.25, -0.2) is 15.0 Å².